The first-order valence-electron chi connectivity index (χ1n) is 9.05. The zero-order valence-corrected chi connectivity index (χ0v) is 16.4. The second kappa shape index (κ2) is 8.12. The fourth-order valence-corrected chi connectivity index (χ4v) is 4.65. The molecule has 1 aliphatic heterocycles. The maximum absolute atomic E-state index is 12.8. The van der Waals surface area contributed by atoms with Crippen molar-refractivity contribution in [2.75, 3.05) is 18.4 Å². The number of benzene rings is 2. The van der Waals surface area contributed by atoms with E-state index in [0.29, 0.717) is 12.8 Å². The van der Waals surface area contributed by atoms with Crippen LogP contribution in [0.3, 0.4) is 0 Å². The molecule has 1 fully saturated rings. The van der Waals surface area contributed by atoms with Crippen LogP contribution in [0.1, 0.15) is 28.8 Å². The summed E-state index contributed by atoms with van der Waals surface area (Å²) >= 11 is 0. The Morgan fingerprint density at radius 3 is 2.11 bits per heavy atom. The van der Waals surface area contributed by atoms with Crippen LogP contribution in [-0.2, 0) is 14.8 Å². The van der Waals surface area contributed by atoms with Crippen LogP contribution in [0.5, 0.6) is 0 Å². The molecule has 0 spiro atoms. The number of carbonyl (C=O) groups excluding carboxylic acids is 2. The molecule has 8 heteroatoms. The molecular formula is C20H23N3O4S. The van der Waals surface area contributed by atoms with E-state index in [1.54, 1.807) is 0 Å². The quantitative estimate of drug-likeness (QED) is 0.800. The maximum atomic E-state index is 12.8. The van der Waals surface area contributed by atoms with Gasteiger partial charge in [0, 0.05) is 30.3 Å². The lowest BCUT2D eigenvalue weighted by molar-refractivity contribution is -0.120. The van der Waals surface area contributed by atoms with E-state index >= 15 is 0 Å². The summed E-state index contributed by atoms with van der Waals surface area (Å²) in [6.45, 7) is 2.51. The highest BCUT2D eigenvalue weighted by Crippen LogP contribution is 2.25. The minimum absolute atomic E-state index is 0.0910. The van der Waals surface area contributed by atoms with Crippen molar-refractivity contribution in [3.63, 3.8) is 0 Å². The number of rotatable bonds is 5. The normalized spacial score (nSPS) is 15.9. The minimum Gasteiger partial charge on any atom is -0.366 e. The van der Waals surface area contributed by atoms with Gasteiger partial charge in [0.1, 0.15) is 0 Å². The molecule has 7 nitrogen and oxygen atoms in total. The number of nitrogens with zero attached hydrogens (tertiary/aromatic N) is 1. The maximum Gasteiger partial charge on any atom is 0.248 e. The van der Waals surface area contributed by atoms with Gasteiger partial charge in [0.25, 0.3) is 0 Å². The lowest BCUT2D eigenvalue weighted by Gasteiger charge is -2.30. The molecule has 0 aromatic heterocycles. The van der Waals surface area contributed by atoms with Gasteiger partial charge in [-0.2, -0.15) is 4.31 Å². The van der Waals surface area contributed by atoms with E-state index in [-0.39, 0.29) is 35.4 Å². The number of aryl methyl sites for hydroxylation is 1. The second-order valence-electron chi connectivity index (χ2n) is 6.92. The first-order valence-corrected chi connectivity index (χ1v) is 10.5. The van der Waals surface area contributed by atoms with Gasteiger partial charge in [-0.05, 0) is 56.2 Å². The summed E-state index contributed by atoms with van der Waals surface area (Å²) < 4.78 is 26.9. The standard InChI is InChI=1S/C20H23N3O4S/c1-14-2-6-17(7-3-14)22-20(25)16-10-12-23(13-11-16)28(26,27)18-8-4-15(5-9-18)19(21)24/h2-9,16H,10-13H2,1H3,(H2,21,24)(H,22,25). The highest BCUT2D eigenvalue weighted by Gasteiger charge is 2.32. The van der Waals surface area contributed by atoms with E-state index in [4.69, 9.17) is 5.73 Å². The van der Waals surface area contributed by atoms with Gasteiger partial charge in [-0.3, -0.25) is 9.59 Å². The molecule has 0 bridgehead atoms. The number of primary amides is 1. The van der Waals surface area contributed by atoms with Gasteiger partial charge in [-0.25, -0.2) is 8.42 Å². The van der Waals surface area contributed by atoms with Crippen molar-refractivity contribution in [3.05, 3.63) is 59.7 Å². The lowest BCUT2D eigenvalue weighted by Crippen LogP contribution is -2.41. The molecule has 1 heterocycles. The van der Waals surface area contributed by atoms with Crippen LogP contribution >= 0.6 is 0 Å². The Hall–Kier alpha value is -2.71. The van der Waals surface area contributed by atoms with Crippen LogP contribution in [0.2, 0.25) is 0 Å². The van der Waals surface area contributed by atoms with Crippen LogP contribution < -0.4 is 11.1 Å². The average Bonchev–Trinajstić information content (AvgIpc) is 2.70. The predicted octanol–water partition coefficient (Wildman–Crippen LogP) is 2.13. The zero-order valence-electron chi connectivity index (χ0n) is 15.6. The monoisotopic (exact) mass is 401 g/mol. The molecule has 0 atom stereocenters. The summed E-state index contributed by atoms with van der Waals surface area (Å²) in [5.41, 5.74) is 7.29. The fraction of sp³-hybridized carbons (Fsp3) is 0.300. The average molecular weight is 401 g/mol. The Morgan fingerprint density at radius 1 is 1.00 bits per heavy atom. The van der Waals surface area contributed by atoms with Gasteiger partial charge >= 0.3 is 0 Å². The number of hydrogen-bond acceptors (Lipinski definition) is 4. The van der Waals surface area contributed by atoms with Crippen LogP contribution in [0, 0.1) is 12.8 Å². The predicted molar refractivity (Wildman–Crippen MR) is 106 cm³/mol. The molecule has 0 saturated carbocycles. The third-order valence-corrected chi connectivity index (χ3v) is 6.83. The van der Waals surface area contributed by atoms with Crippen molar-refractivity contribution in [2.24, 2.45) is 11.7 Å². The number of amides is 2. The van der Waals surface area contributed by atoms with Gasteiger partial charge < -0.3 is 11.1 Å². The van der Waals surface area contributed by atoms with Crippen molar-refractivity contribution >= 4 is 27.5 Å². The van der Waals surface area contributed by atoms with Gasteiger partial charge in [0.2, 0.25) is 21.8 Å². The van der Waals surface area contributed by atoms with Gasteiger partial charge in [0.05, 0.1) is 4.90 Å². The molecular weight excluding hydrogens is 378 g/mol. The number of anilines is 1. The Bertz CT molecular complexity index is 962. The van der Waals surface area contributed by atoms with E-state index in [1.165, 1.54) is 28.6 Å². The molecule has 2 amide bonds. The summed E-state index contributed by atoms with van der Waals surface area (Å²) in [6, 6.07) is 13.1. The van der Waals surface area contributed by atoms with Crippen molar-refractivity contribution < 1.29 is 18.0 Å². The largest absolute Gasteiger partial charge is 0.366 e. The lowest BCUT2D eigenvalue weighted by atomic mass is 9.97. The second-order valence-corrected chi connectivity index (χ2v) is 8.86. The number of carbonyl (C=O) groups is 2. The van der Waals surface area contributed by atoms with Crippen molar-refractivity contribution in [2.45, 2.75) is 24.7 Å². The summed E-state index contributed by atoms with van der Waals surface area (Å²) in [6.07, 6.45) is 0.909. The van der Waals surface area contributed by atoms with Gasteiger partial charge in [-0.15, -0.1) is 0 Å². The van der Waals surface area contributed by atoms with Crippen LogP contribution in [0.25, 0.3) is 0 Å². The number of nitrogens with one attached hydrogen (secondary N) is 1. The van der Waals surface area contributed by atoms with Crippen LogP contribution in [-0.4, -0.2) is 37.6 Å². The van der Waals surface area contributed by atoms with Crippen LogP contribution in [0.15, 0.2) is 53.4 Å². The number of nitrogens with two attached hydrogens (primary N) is 1. The zero-order chi connectivity index (χ0) is 20.3. The molecule has 3 rings (SSSR count). The van der Waals surface area contributed by atoms with E-state index in [9.17, 15) is 18.0 Å². The molecule has 2 aromatic carbocycles. The topological polar surface area (TPSA) is 110 Å². The van der Waals surface area contributed by atoms with E-state index < -0.39 is 15.9 Å². The Kier molecular flexibility index (Phi) is 5.81. The van der Waals surface area contributed by atoms with Gasteiger partial charge in [0.15, 0.2) is 0 Å². The summed E-state index contributed by atoms with van der Waals surface area (Å²) in [4.78, 5) is 23.7. The number of piperidine rings is 1. The highest BCUT2D eigenvalue weighted by molar-refractivity contribution is 7.89. The van der Waals surface area contributed by atoms with E-state index in [0.717, 1.165) is 11.3 Å². The first kappa shape index (κ1) is 20.0. The molecule has 0 unspecified atom stereocenters. The third-order valence-electron chi connectivity index (χ3n) is 4.92. The number of hydrogen-bond donors (Lipinski definition) is 2. The van der Waals surface area contributed by atoms with Crippen molar-refractivity contribution in [1.29, 1.82) is 0 Å². The molecule has 0 aliphatic carbocycles. The molecule has 28 heavy (non-hydrogen) atoms. The summed E-state index contributed by atoms with van der Waals surface area (Å²) in [5, 5.41) is 2.89. The fourth-order valence-electron chi connectivity index (χ4n) is 3.18. The Morgan fingerprint density at radius 2 is 1.57 bits per heavy atom. The van der Waals surface area contributed by atoms with Crippen molar-refractivity contribution in [3.8, 4) is 0 Å². The molecule has 3 N–H and O–H groups in total. The minimum atomic E-state index is -3.67. The molecule has 2 aromatic rings. The van der Waals surface area contributed by atoms with E-state index in [2.05, 4.69) is 5.32 Å². The third kappa shape index (κ3) is 4.40. The molecule has 1 saturated heterocycles. The molecule has 148 valence electrons. The molecule has 1 aliphatic rings. The molecule has 0 radical (unpaired) electrons. The first-order chi connectivity index (χ1) is 13.3. The Balaban J connectivity index is 1.61. The van der Waals surface area contributed by atoms with Crippen molar-refractivity contribution in [1.82, 2.24) is 4.31 Å². The summed E-state index contributed by atoms with van der Waals surface area (Å²) in [5.74, 6) is -0.930. The van der Waals surface area contributed by atoms with Gasteiger partial charge in [-0.1, -0.05) is 17.7 Å². The summed E-state index contributed by atoms with van der Waals surface area (Å²) in [7, 11) is -3.67. The van der Waals surface area contributed by atoms with Crippen LogP contribution in [0.4, 0.5) is 5.69 Å². The van der Waals surface area contributed by atoms with E-state index in [1.807, 2.05) is 31.2 Å². The smallest absolute Gasteiger partial charge is 0.248 e. The highest BCUT2D eigenvalue weighted by atomic mass is 32.2. The SMILES string of the molecule is Cc1ccc(NC(=O)C2CCN(S(=O)(=O)c3ccc(C(N)=O)cc3)CC2)cc1. The Labute approximate surface area is 164 Å². The number of sulfonamides is 1.